The first kappa shape index (κ1) is 17.7. The van der Waals surface area contributed by atoms with E-state index >= 15 is 0 Å². The summed E-state index contributed by atoms with van der Waals surface area (Å²) in [7, 11) is 0. The van der Waals surface area contributed by atoms with Crippen molar-refractivity contribution >= 4 is 5.91 Å². The Morgan fingerprint density at radius 3 is 2.19 bits per heavy atom. The van der Waals surface area contributed by atoms with Gasteiger partial charge >= 0.3 is 0 Å². The molecule has 0 aliphatic carbocycles. The number of carbonyl (C=O) groups excluding carboxylic acids is 1. The highest BCUT2D eigenvalue weighted by atomic mass is 19.1. The Hall–Kier alpha value is -1.38. The molecule has 0 aliphatic heterocycles. The Morgan fingerprint density at radius 2 is 1.76 bits per heavy atom. The predicted octanol–water partition coefficient (Wildman–Crippen LogP) is 4.73. The van der Waals surface area contributed by atoms with Crippen molar-refractivity contribution in [2.45, 2.75) is 71.5 Å². The molecule has 1 rings (SSSR count). The van der Waals surface area contributed by atoms with E-state index < -0.39 is 6.17 Å². The number of carbonyl (C=O) groups is 1. The lowest BCUT2D eigenvalue weighted by molar-refractivity contribution is -0.121. The van der Waals surface area contributed by atoms with Crippen LogP contribution < -0.4 is 5.32 Å². The molecule has 118 valence electrons. The van der Waals surface area contributed by atoms with Crippen LogP contribution in [-0.4, -0.2) is 11.4 Å². The minimum atomic E-state index is -0.871. The number of amides is 1. The van der Waals surface area contributed by atoms with E-state index in [2.05, 4.69) is 19.2 Å². The van der Waals surface area contributed by atoms with Gasteiger partial charge in [0.15, 0.2) is 0 Å². The van der Waals surface area contributed by atoms with Gasteiger partial charge in [-0.1, -0.05) is 45.0 Å². The van der Waals surface area contributed by atoms with Gasteiger partial charge in [0.05, 0.1) is 0 Å². The fourth-order valence-electron chi connectivity index (χ4n) is 2.73. The molecule has 1 amide bonds. The summed E-state index contributed by atoms with van der Waals surface area (Å²) in [5.41, 5.74) is 1.82. The SMILES string of the molecule is CCC(F)c1ccc(CCC(CC)(CC)NC(C)=O)cc1. The number of benzene rings is 1. The molecule has 1 N–H and O–H groups in total. The lowest BCUT2D eigenvalue weighted by atomic mass is 9.86. The Kier molecular flexibility index (Phi) is 6.86. The highest BCUT2D eigenvalue weighted by molar-refractivity contribution is 5.73. The molecule has 2 nitrogen and oxygen atoms in total. The summed E-state index contributed by atoms with van der Waals surface area (Å²) in [4.78, 5) is 11.4. The van der Waals surface area contributed by atoms with Crippen LogP contribution in [0.3, 0.4) is 0 Å². The van der Waals surface area contributed by atoms with Gasteiger partial charge in [-0.15, -0.1) is 0 Å². The summed E-state index contributed by atoms with van der Waals surface area (Å²) in [6, 6.07) is 7.76. The number of rotatable bonds is 8. The number of hydrogen-bond acceptors (Lipinski definition) is 1. The van der Waals surface area contributed by atoms with E-state index in [1.54, 1.807) is 6.92 Å². The second-order valence-electron chi connectivity index (χ2n) is 5.79. The molecule has 3 heteroatoms. The van der Waals surface area contributed by atoms with Crippen LogP contribution in [0.4, 0.5) is 4.39 Å². The summed E-state index contributed by atoms with van der Waals surface area (Å²) in [6.07, 6.45) is 3.28. The number of hydrogen-bond donors (Lipinski definition) is 1. The Labute approximate surface area is 128 Å². The minimum absolute atomic E-state index is 0.0252. The Morgan fingerprint density at radius 1 is 1.19 bits per heavy atom. The second-order valence-corrected chi connectivity index (χ2v) is 5.79. The van der Waals surface area contributed by atoms with Crippen LogP contribution in [0, 0.1) is 0 Å². The van der Waals surface area contributed by atoms with Crippen molar-refractivity contribution in [2.75, 3.05) is 0 Å². The van der Waals surface area contributed by atoms with Crippen molar-refractivity contribution in [1.29, 1.82) is 0 Å². The zero-order chi connectivity index (χ0) is 15.9. The molecular formula is C18H28FNO. The van der Waals surface area contributed by atoms with E-state index in [9.17, 15) is 9.18 Å². The van der Waals surface area contributed by atoms with E-state index in [0.29, 0.717) is 6.42 Å². The highest BCUT2D eigenvalue weighted by Crippen LogP contribution is 2.24. The van der Waals surface area contributed by atoms with Gasteiger partial charge in [0.2, 0.25) is 5.91 Å². The van der Waals surface area contributed by atoms with Crippen molar-refractivity contribution in [3.63, 3.8) is 0 Å². The molecule has 0 spiro atoms. The fraction of sp³-hybridized carbons (Fsp3) is 0.611. The van der Waals surface area contributed by atoms with Crippen LogP contribution in [-0.2, 0) is 11.2 Å². The first-order valence-corrected chi connectivity index (χ1v) is 7.98. The van der Waals surface area contributed by atoms with Crippen molar-refractivity contribution in [3.05, 3.63) is 35.4 Å². The van der Waals surface area contributed by atoms with E-state index in [0.717, 1.165) is 31.2 Å². The summed E-state index contributed by atoms with van der Waals surface area (Å²) in [5, 5.41) is 3.10. The van der Waals surface area contributed by atoms with E-state index in [1.807, 2.05) is 31.2 Å². The maximum Gasteiger partial charge on any atom is 0.217 e. The molecule has 0 bridgehead atoms. The van der Waals surface area contributed by atoms with Crippen LogP contribution in [0.5, 0.6) is 0 Å². The number of alkyl halides is 1. The van der Waals surface area contributed by atoms with Gasteiger partial charge in [-0.2, -0.15) is 0 Å². The average Bonchev–Trinajstić information content (AvgIpc) is 2.51. The molecule has 0 fully saturated rings. The van der Waals surface area contributed by atoms with Crippen LogP contribution in [0.15, 0.2) is 24.3 Å². The molecule has 21 heavy (non-hydrogen) atoms. The normalized spacial score (nSPS) is 13.0. The summed E-state index contributed by atoms with van der Waals surface area (Å²) in [5.74, 6) is 0.0252. The average molecular weight is 293 g/mol. The Balaban J connectivity index is 2.69. The summed E-state index contributed by atoms with van der Waals surface area (Å²) < 4.78 is 13.6. The van der Waals surface area contributed by atoms with Crippen molar-refractivity contribution in [3.8, 4) is 0 Å². The van der Waals surface area contributed by atoms with Gasteiger partial charge < -0.3 is 5.32 Å². The molecule has 0 radical (unpaired) electrons. The summed E-state index contributed by atoms with van der Waals surface area (Å²) in [6.45, 7) is 7.64. The predicted molar refractivity (Wildman–Crippen MR) is 86.0 cm³/mol. The van der Waals surface area contributed by atoms with Crippen LogP contribution in [0.2, 0.25) is 0 Å². The largest absolute Gasteiger partial charge is 0.351 e. The van der Waals surface area contributed by atoms with Gasteiger partial charge in [-0.3, -0.25) is 4.79 Å². The van der Waals surface area contributed by atoms with E-state index in [-0.39, 0.29) is 11.4 Å². The van der Waals surface area contributed by atoms with Gasteiger partial charge in [0, 0.05) is 12.5 Å². The van der Waals surface area contributed by atoms with Crippen molar-refractivity contribution in [2.24, 2.45) is 0 Å². The van der Waals surface area contributed by atoms with Crippen LogP contribution in [0.25, 0.3) is 0 Å². The topological polar surface area (TPSA) is 29.1 Å². The molecular weight excluding hydrogens is 265 g/mol. The third-order valence-electron chi connectivity index (χ3n) is 4.39. The number of halogens is 1. The zero-order valence-electron chi connectivity index (χ0n) is 13.7. The van der Waals surface area contributed by atoms with Crippen molar-refractivity contribution in [1.82, 2.24) is 5.32 Å². The van der Waals surface area contributed by atoms with Gasteiger partial charge in [-0.25, -0.2) is 4.39 Å². The fourth-order valence-corrected chi connectivity index (χ4v) is 2.73. The van der Waals surface area contributed by atoms with E-state index in [1.165, 1.54) is 5.56 Å². The maximum absolute atomic E-state index is 13.6. The third-order valence-corrected chi connectivity index (χ3v) is 4.39. The van der Waals surface area contributed by atoms with Gasteiger partial charge in [-0.05, 0) is 43.2 Å². The quantitative estimate of drug-likeness (QED) is 0.737. The molecule has 0 saturated carbocycles. The molecule has 0 aliphatic rings. The van der Waals surface area contributed by atoms with E-state index in [4.69, 9.17) is 0 Å². The second kappa shape index (κ2) is 8.16. The van der Waals surface area contributed by atoms with Gasteiger partial charge in [0.25, 0.3) is 0 Å². The monoisotopic (exact) mass is 293 g/mol. The van der Waals surface area contributed by atoms with Crippen molar-refractivity contribution < 1.29 is 9.18 Å². The molecule has 1 aromatic carbocycles. The Bertz CT molecular complexity index is 437. The molecule has 1 atom stereocenters. The molecule has 1 unspecified atom stereocenters. The molecule has 0 aromatic heterocycles. The lowest BCUT2D eigenvalue weighted by Gasteiger charge is -2.32. The third kappa shape index (κ3) is 5.14. The minimum Gasteiger partial charge on any atom is -0.351 e. The summed E-state index contributed by atoms with van der Waals surface area (Å²) >= 11 is 0. The molecule has 0 saturated heterocycles. The molecule has 1 aromatic rings. The lowest BCUT2D eigenvalue weighted by Crippen LogP contribution is -2.47. The first-order chi connectivity index (χ1) is 9.96. The number of nitrogens with one attached hydrogen (secondary N) is 1. The van der Waals surface area contributed by atoms with Crippen LogP contribution in [0.1, 0.15) is 70.7 Å². The smallest absolute Gasteiger partial charge is 0.217 e. The molecule has 0 heterocycles. The van der Waals surface area contributed by atoms with Gasteiger partial charge in [0.1, 0.15) is 6.17 Å². The zero-order valence-corrected chi connectivity index (χ0v) is 13.7. The maximum atomic E-state index is 13.6. The van der Waals surface area contributed by atoms with Crippen LogP contribution >= 0.6 is 0 Å². The standard InChI is InChI=1S/C18H28FNO/c1-5-17(19)16-10-8-15(9-11-16)12-13-18(6-2,7-3)20-14(4)21/h8-11,17H,5-7,12-13H2,1-4H3,(H,20,21). The first-order valence-electron chi connectivity index (χ1n) is 7.98. The highest BCUT2D eigenvalue weighted by Gasteiger charge is 2.26. The number of aryl methyl sites for hydroxylation is 1.